The number of hydrogen-bond donors (Lipinski definition) is 2. The molecule has 0 saturated carbocycles. The molecule has 13 heavy (non-hydrogen) atoms. The fraction of sp³-hybridized carbons (Fsp3) is 1.00. The molecule has 0 aliphatic heterocycles. The van der Waals surface area contributed by atoms with Crippen molar-refractivity contribution in [2.45, 2.75) is 64.3 Å². The van der Waals surface area contributed by atoms with E-state index < -0.39 is 12.5 Å². The fourth-order valence-corrected chi connectivity index (χ4v) is 1.27. The lowest BCUT2D eigenvalue weighted by Gasteiger charge is -2.09. The number of rotatable bonds is 8. The normalized spacial score (nSPS) is 15.7. The van der Waals surface area contributed by atoms with Gasteiger partial charge in [0.2, 0.25) is 6.36 Å². The van der Waals surface area contributed by atoms with Gasteiger partial charge in [0.15, 0.2) is 0 Å². The smallest absolute Gasteiger partial charge is 0.222 e. The standard InChI is InChI=1S/C10H21FO2/c1-2-3-4-5-6-7-8-9(12)10(11)13/h9-10,12-13H,2-8H2,1H3. The Labute approximate surface area is 79.8 Å². The molecule has 0 aromatic carbocycles. The number of hydrogen-bond acceptors (Lipinski definition) is 2. The first-order chi connectivity index (χ1) is 6.18. The number of unbranched alkanes of at least 4 members (excludes halogenated alkanes) is 5. The van der Waals surface area contributed by atoms with Crippen molar-refractivity contribution in [3.05, 3.63) is 0 Å². The van der Waals surface area contributed by atoms with E-state index in [0.29, 0.717) is 6.42 Å². The van der Waals surface area contributed by atoms with E-state index in [1.165, 1.54) is 19.3 Å². The third-order valence-corrected chi connectivity index (χ3v) is 2.17. The summed E-state index contributed by atoms with van der Waals surface area (Å²) in [5.74, 6) is 0. The van der Waals surface area contributed by atoms with Crippen LogP contribution in [0.15, 0.2) is 0 Å². The topological polar surface area (TPSA) is 40.5 Å². The number of alkyl halides is 1. The molecule has 0 amide bonds. The Kier molecular flexibility index (Phi) is 8.35. The van der Waals surface area contributed by atoms with Crippen molar-refractivity contribution in [2.24, 2.45) is 0 Å². The molecule has 0 bridgehead atoms. The van der Waals surface area contributed by atoms with Gasteiger partial charge in [0, 0.05) is 0 Å². The third kappa shape index (κ3) is 8.19. The minimum Gasteiger partial charge on any atom is -0.388 e. The monoisotopic (exact) mass is 192 g/mol. The molecule has 2 nitrogen and oxygen atoms in total. The van der Waals surface area contributed by atoms with Crippen molar-refractivity contribution in [3.63, 3.8) is 0 Å². The molecule has 0 spiro atoms. The molecule has 2 unspecified atom stereocenters. The maximum Gasteiger partial charge on any atom is 0.222 e. The van der Waals surface area contributed by atoms with E-state index in [4.69, 9.17) is 10.2 Å². The van der Waals surface area contributed by atoms with Gasteiger partial charge in [-0.25, -0.2) is 4.39 Å². The summed E-state index contributed by atoms with van der Waals surface area (Å²) in [6.45, 7) is 2.16. The fourth-order valence-electron chi connectivity index (χ4n) is 1.27. The Balaban J connectivity index is 3.07. The quantitative estimate of drug-likeness (QED) is 0.580. The molecule has 2 atom stereocenters. The zero-order valence-corrected chi connectivity index (χ0v) is 8.38. The molecule has 0 fully saturated rings. The summed E-state index contributed by atoms with van der Waals surface area (Å²) in [7, 11) is 0. The van der Waals surface area contributed by atoms with Crippen molar-refractivity contribution >= 4 is 0 Å². The Bertz CT molecular complexity index is 107. The maximum atomic E-state index is 12.0. The minimum absolute atomic E-state index is 0.365. The van der Waals surface area contributed by atoms with Gasteiger partial charge in [-0.3, -0.25) is 0 Å². The molecule has 0 rings (SSSR count). The van der Waals surface area contributed by atoms with Crippen LogP contribution in [0.2, 0.25) is 0 Å². The van der Waals surface area contributed by atoms with E-state index in [1.54, 1.807) is 0 Å². The van der Waals surface area contributed by atoms with Crippen molar-refractivity contribution in [3.8, 4) is 0 Å². The van der Waals surface area contributed by atoms with Crippen LogP contribution in [-0.4, -0.2) is 22.7 Å². The predicted molar refractivity (Wildman–Crippen MR) is 51.1 cm³/mol. The second-order valence-corrected chi connectivity index (χ2v) is 3.50. The summed E-state index contributed by atoms with van der Waals surface area (Å²) in [6.07, 6.45) is 3.73. The van der Waals surface area contributed by atoms with Gasteiger partial charge in [0.05, 0.1) is 0 Å². The maximum absolute atomic E-state index is 12.0. The predicted octanol–water partition coefficient (Wildman–Crippen LogP) is 2.39. The number of aliphatic hydroxyl groups excluding tert-OH is 2. The van der Waals surface area contributed by atoms with Crippen LogP contribution < -0.4 is 0 Å². The van der Waals surface area contributed by atoms with Gasteiger partial charge in [-0.05, 0) is 6.42 Å². The Morgan fingerprint density at radius 1 is 1.00 bits per heavy atom. The molecule has 80 valence electrons. The highest BCUT2D eigenvalue weighted by Crippen LogP contribution is 2.10. The Morgan fingerprint density at radius 2 is 1.54 bits per heavy atom. The lowest BCUT2D eigenvalue weighted by Crippen LogP contribution is -2.20. The SMILES string of the molecule is CCCCCCCCC(O)C(O)F. The van der Waals surface area contributed by atoms with Crippen molar-refractivity contribution in [1.82, 2.24) is 0 Å². The highest BCUT2D eigenvalue weighted by Gasteiger charge is 2.13. The molecule has 0 aliphatic carbocycles. The summed E-state index contributed by atoms with van der Waals surface area (Å²) in [4.78, 5) is 0. The molecular weight excluding hydrogens is 171 g/mol. The van der Waals surface area contributed by atoms with Crippen LogP contribution in [0.4, 0.5) is 4.39 Å². The molecule has 0 radical (unpaired) electrons. The van der Waals surface area contributed by atoms with Crippen molar-refractivity contribution in [2.75, 3.05) is 0 Å². The van der Waals surface area contributed by atoms with Gasteiger partial charge in [-0.15, -0.1) is 0 Å². The molecule has 0 saturated heterocycles. The average molecular weight is 192 g/mol. The second-order valence-electron chi connectivity index (χ2n) is 3.50. The van der Waals surface area contributed by atoms with Gasteiger partial charge in [0.25, 0.3) is 0 Å². The zero-order chi connectivity index (χ0) is 10.1. The van der Waals surface area contributed by atoms with E-state index in [-0.39, 0.29) is 0 Å². The minimum atomic E-state index is -2.07. The summed E-state index contributed by atoms with van der Waals surface area (Å²) in [5.41, 5.74) is 0. The van der Waals surface area contributed by atoms with Crippen LogP contribution in [0.3, 0.4) is 0 Å². The highest BCUT2D eigenvalue weighted by molar-refractivity contribution is 4.57. The van der Waals surface area contributed by atoms with Gasteiger partial charge in [0.1, 0.15) is 6.10 Å². The molecular formula is C10H21FO2. The highest BCUT2D eigenvalue weighted by atomic mass is 19.1. The van der Waals surface area contributed by atoms with Gasteiger partial charge < -0.3 is 10.2 Å². The van der Waals surface area contributed by atoms with Gasteiger partial charge in [-0.1, -0.05) is 45.4 Å². The van der Waals surface area contributed by atoms with E-state index in [0.717, 1.165) is 19.3 Å². The largest absolute Gasteiger partial charge is 0.388 e. The van der Waals surface area contributed by atoms with Gasteiger partial charge in [-0.2, -0.15) is 0 Å². The third-order valence-electron chi connectivity index (χ3n) is 2.17. The van der Waals surface area contributed by atoms with E-state index in [9.17, 15) is 4.39 Å². The Hall–Kier alpha value is -0.150. The molecule has 0 aliphatic rings. The summed E-state index contributed by atoms with van der Waals surface area (Å²) >= 11 is 0. The summed E-state index contributed by atoms with van der Waals surface area (Å²) < 4.78 is 12.0. The van der Waals surface area contributed by atoms with E-state index >= 15 is 0 Å². The van der Waals surface area contributed by atoms with Crippen molar-refractivity contribution < 1.29 is 14.6 Å². The van der Waals surface area contributed by atoms with Crippen LogP contribution in [0.5, 0.6) is 0 Å². The number of halogens is 1. The summed E-state index contributed by atoms with van der Waals surface area (Å²) in [5, 5.41) is 17.2. The van der Waals surface area contributed by atoms with Gasteiger partial charge >= 0.3 is 0 Å². The Morgan fingerprint density at radius 3 is 2.08 bits per heavy atom. The molecule has 0 heterocycles. The molecule has 3 heteroatoms. The van der Waals surface area contributed by atoms with E-state index in [2.05, 4.69) is 6.92 Å². The van der Waals surface area contributed by atoms with Crippen LogP contribution >= 0.6 is 0 Å². The average Bonchev–Trinajstić information content (AvgIpc) is 2.10. The molecule has 0 aromatic rings. The van der Waals surface area contributed by atoms with Crippen molar-refractivity contribution in [1.29, 1.82) is 0 Å². The van der Waals surface area contributed by atoms with Crippen LogP contribution in [0.1, 0.15) is 51.9 Å². The summed E-state index contributed by atoms with van der Waals surface area (Å²) in [6, 6.07) is 0. The van der Waals surface area contributed by atoms with Crippen LogP contribution in [0, 0.1) is 0 Å². The first-order valence-electron chi connectivity index (χ1n) is 5.18. The van der Waals surface area contributed by atoms with Crippen LogP contribution in [0.25, 0.3) is 0 Å². The molecule has 2 N–H and O–H groups in total. The van der Waals surface area contributed by atoms with Crippen LogP contribution in [-0.2, 0) is 0 Å². The second kappa shape index (κ2) is 8.45. The lowest BCUT2D eigenvalue weighted by molar-refractivity contribution is -0.0685. The zero-order valence-electron chi connectivity index (χ0n) is 8.38. The first kappa shape index (κ1) is 12.8. The lowest BCUT2D eigenvalue weighted by atomic mass is 10.1. The first-order valence-corrected chi connectivity index (χ1v) is 5.18. The van der Waals surface area contributed by atoms with E-state index in [1.807, 2.05) is 0 Å². The number of aliphatic hydroxyl groups is 2. The molecule has 0 aromatic heterocycles.